The zero-order chi connectivity index (χ0) is 20.1. The van der Waals surface area contributed by atoms with Crippen molar-refractivity contribution in [1.82, 2.24) is 20.8 Å². The predicted octanol–water partition coefficient (Wildman–Crippen LogP) is 2.97. The molecule has 7 heteroatoms. The van der Waals surface area contributed by atoms with Crippen LogP contribution in [-0.2, 0) is 4.79 Å². The Labute approximate surface area is 163 Å². The van der Waals surface area contributed by atoms with E-state index in [1.807, 2.05) is 38.1 Å². The fraction of sp³-hybridized carbons (Fsp3) is 0.238. The maximum absolute atomic E-state index is 12.3. The average molecular weight is 378 g/mol. The minimum Gasteiger partial charge on any atom is -0.416 e. The quantitative estimate of drug-likeness (QED) is 0.687. The van der Waals surface area contributed by atoms with Crippen molar-refractivity contribution in [3.05, 3.63) is 59.7 Å². The summed E-state index contributed by atoms with van der Waals surface area (Å²) >= 11 is 0. The number of benzene rings is 2. The van der Waals surface area contributed by atoms with Crippen LogP contribution < -0.4 is 10.6 Å². The summed E-state index contributed by atoms with van der Waals surface area (Å²) in [5, 5.41) is 13.5. The number of likely N-dealkylation sites (N-methyl/N-ethyl adjacent to an activating group) is 1. The van der Waals surface area contributed by atoms with Gasteiger partial charge in [0.25, 0.3) is 5.91 Å². The zero-order valence-electron chi connectivity index (χ0n) is 16.0. The lowest BCUT2D eigenvalue weighted by molar-refractivity contribution is -0.122. The topological polar surface area (TPSA) is 97.1 Å². The second-order valence-corrected chi connectivity index (χ2v) is 6.45. The van der Waals surface area contributed by atoms with E-state index >= 15 is 0 Å². The van der Waals surface area contributed by atoms with Gasteiger partial charge in [-0.2, -0.15) is 0 Å². The monoisotopic (exact) mass is 378 g/mol. The normalized spacial score (nSPS) is 11.7. The van der Waals surface area contributed by atoms with Crippen LogP contribution in [0, 0.1) is 6.92 Å². The van der Waals surface area contributed by atoms with Crippen molar-refractivity contribution >= 4 is 11.8 Å². The lowest BCUT2D eigenvalue weighted by Gasteiger charge is -2.13. The lowest BCUT2D eigenvalue weighted by Crippen LogP contribution is -2.44. The van der Waals surface area contributed by atoms with Gasteiger partial charge in [0.15, 0.2) is 0 Å². The Balaban J connectivity index is 1.71. The third kappa shape index (κ3) is 4.43. The number of amides is 2. The zero-order valence-corrected chi connectivity index (χ0v) is 16.0. The first-order chi connectivity index (χ1) is 13.5. The first kappa shape index (κ1) is 19.3. The molecule has 0 fully saturated rings. The summed E-state index contributed by atoms with van der Waals surface area (Å²) in [7, 11) is 0. The summed E-state index contributed by atoms with van der Waals surface area (Å²) in [5.74, 6) is 0.272. The number of carbonyl (C=O) groups is 2. The van der Waals surface area contributed by atoms with Crippen LogP contribution in [0.15, 0.2) is 52.9 Å². The molecule has 3 aromatic rings. The summed E-state index contributed by atoms with van der Waals surface area (Å²) < 4.78 is 5.76. The Morgan fingerprint density at radius 3 is 2.36 bits per heavy atom. The Hall–Kier alpha value is -3.48. The Kier molecular flexibility index (Phi) is 5.84. The van der Waals surface area contributed by atoms with Crippen molar-refractivity contribution in [2.45, 2.75) is 26.8 Å². The smallest absolute Gasteiger partial charge is 0.251 e. The summed E-state index contributed by atoms with van der Waals surface area (Å²) in [6.07, 6.45) is 0. The van der Waals surface area contributed by atoms with E-state index in [0.29, 0.717) is 29.5 Å². The molecule has 2 aromatic carbocycles. The molecule has 1 heterocycles. The molecule has 1 atom stereocenters. The van der Waals surface area contributed by atoms with Crippen molar-refractivity contribution < 1.29 is 14.0 Å². The molecular weight excluding hydrogens is 356 g/mol. The van der Waals surface area contributed by atoms with Crippen LogP contribution in [0.2, 0.25) is 0 Å². The minimum absolute atomic E-state index is 0.220. The molecule has 7 nitrogen and oxygen atoms in total. The highest BCUT2D eigenvalue weighted by molar-refractivity contribution is 5.97. The van der Waals surface area contributed by atoms with Gasteiger partial charge in [0.1, 0.15) is 6.04 Å². The molecule has 0 saturated heterocycles. The van der Waals surface area contributed by atoms with Crippen LogP contribution in [0.3, 0.4) is 0 Å². The first-order valence-electron chi connectivity index (χ1n) is 9.07. The average Bonchev–Trinajstić information content (AvgIpc) is 3.18. The molecule has 0 aliphatic rings. The van der Waals surface area contributed by atoms with Crippen LogP contribution in [-0.4, -0.2) is 34.6 Å². The van der Waals surface area contributed by atoms with Crippen molar-refractivity contribution in [3.63, 3.8) is 0 Å². The molecule has 0 bridgehead atoms. The van der Waals surface area contributed by atoms with Gasteiger partial charge in [0, 0.05) is 23.2 Å². The number of rotatable bonds is 6. The van der Waals surface area contributed by atoms with Crippen molar-refractivity contribution in [2.24, 2.45) is 0 Å². The molecular formula is C21H22N4O3. The maximum Gasteiger partial charge on any atom is 0.251 e. The number of aryl methyl sites for hydroxylation is 1. The number of nitrogens with one attached hydrogen (secondary N) is 2. The minimum atomic E-state index is -0.611. The summed E-state index contributed by atoms with van der Waals surface area (Å²) in [6.45, 7) is 5.98. The van der Waals surface area contributed by atoms with E-state index < -0.39 is 6.04 Å². The highest BCUT2D eigenvalue weighted by Crippen LogP contribution is 2.24. The molecule has 3 rings (SSSR count). The van der Waals surface area contributed by atoms with Crippen LogP contribution in [0.4, 0.5) is 0 Å². The molecule has 2 N–H and O–H groups in total. The SMILES string of the molecule is CCNC(=O)C(C)NC(=O)c1ccc(-c2nnc(-c3cccc(C)c3)o2)cc1. The van der Waals surface area contributed by atoms with Gasteiger partial charge in [0.2, 0.25) is 17.7 Å². The van der Waals surface area contributed by atoms with E-state index in [4.69, 9.17) is 4.42 Å². The van der Waals surface area contributed by atoms with Gasteiger partial charge in [-0.3, -0.25) is 9.59 Å². The van der Waals surface area contributed by atoms with Crippen LogP contribution in [0.5, 0.6) is 0 Å². The Morgan fingerprint density at radius 2 is 1.71 bits per heavy atom. The molecule has 0 aliphatic carbocycles. The number of nitrogens with zero attached hydrogens (tertiary/aromatic N) is 2. The third-order valence-electron chi connectivity index (χ3n) is 4.18. The van der Waals surface area contributed by atoms with E-state index in [-0.39, 0.29) is 11.8 Å². The molecule has 0 spiro atoms. The molecule has 0 aliphatic heterocycles. The van der Waals surface area contributed by atoms with E-state index in [0.717, 1.165) is 11.1 Å². The van der Waals surface area contributed by atoms with Crippen LogP contribution in [0.25, 0.3) is 22.9 Å². The van der Waals surface area contributed by atoms with Crippen LogP contribution >= 0.6 is 0 Å². The lowest BCUT2D eigenvalue weighted by atomic mass is 10.1. The Morgan fingerprint density at radius 1 is 1.04 bits per heavy atom. The number of hydrogen-bond donors (Lipinski definition) is 2. The summed E-state index contributed by atoms with van der Waals surface area (Å²) in [5.41, 5.74) is 3.11. The maximum atomic E-state index is 12.3. The second-order valence-electron chi connectivity index (χ2n) is 6.45. The van der Waals surface area contributed by atoms with Gasteiger partial charge in [-0.05, 0) is 57.2 Å². The largest absolute Gasteiger partial charge is 0.416 e. The summed E-state index contributed by atoms with van der Waals surface area (Å²) in [4.78, 5) is 24.0. The highest BCUT2D eigenvalue weighted by Gasteiger charge is 2.16. The van der Waals surface area contributed by atoms with Crippen molar-refractivity contribution in [2.75, 3.05) is 6.54 Å². The number of carbonyl (C=O) groups excluding carboxylic acids is 2. The van der Waals surface area contributed by atoms with E-state index in [9.17, 15) is 9.59 Å². The van der Waals surface area contributed by atoms with Gasteiger partial charge in [-0.1, -0.05) is 17.7 Å². The van der Waals surface area contributed by atoms with Gasteiger partial charge in [-0.25, -0.2) is 0 Å². The van der Waals surface area contributed by atoms with Gasteiger partial charge >= 0.3 is 0 Å². The van der Waals surface area contributed by atoms with E-state index in [1.165, 1.54) is 0 Å². The molecule has 0 radical (unpaired) electrons. The first-order valence-corrected chi connectivity index (χ1v) is 9.07. The fourth-order valence-electron chi connectivity index (χ4n) is 2.67. The summed E-state index contributed by atoms with van der Waals surface area (Å²) in [6, 6.07) is 14.0. The van der Waals surface area contributed by atoms with Crippen molar-refractivity contribution in [3.8, 4) is 22.9 Å². The molecule has 0 saturated carbocycles. The Bertz CT molecular complexity index is 979. The molecule has 28 heavy (non-hydrogen) atoms. The van der Waals surface area contributed by atoms with Gasteiger partial charge in [-0.15, -0.1) is 10.2 Å². The van der Waals surface area contributed by atoms with Crippen LogP contribution in [0.1, 0.15) is 29.8 Å². The standard InChI is InChI=1S/C21H22N4O3/c1-4-22-18(26)14(3)23-19(27)15-8-10-16(11-9-15)20-24-25-21(28-20)17-7-5-6-13(2)12-17/h5-12,14H,4H2,1-3H3,(H,22,26)(H,23,27). The number of hydrogen-bond acceptors (Lipinski definition) is 5. The van der Waals surface area contributed by atoms with Gasteiger partial charge < -0.3 is 15.1 Å². The predicted molar refractivity (Wildman–Crippen MR) is 106 cm³/mol. The molecule has 1 aromatic heterocycles. The molecule has 1 unspecified atom stereocenters. The molecule has 2 amide bonds. The van der Waals surface area contributed by atoms with E-state index in [1.54, 1.807) is 31.2 Å². The third-order valence-corrected chi connectivity index (χ3v) is 4.18. The molecule has 144 valence electrons. The second kappa shape index (κ2) is 8.47. The number of aromatic nitrogens is 2. The van der Waals surface area contributed by atoms with Crippen molar-refractivity contribution in [1.29, 1.82) is 0 Å². The fourth-order valence-corrected chi connectivity index (χ4v) is 2.67. The van der Waals surface area contributed by atoms with Gasteiger partial charge in [0.05, 0.1) is 0 Å². The highest BCUT2D eigenvalue weighted by atomic mass is 16.4. The van der Waals surface area contributed by atoms with E-state index in [2.05, 4.69) is 20.8 Å².